The molecule has 6 heteroatoms. The van der Waals surface area contributed by atoms with Gasteiger partial charge in [-0.3, -0.25) is 4.79 Å². The van der Waals surface area contributed by atoms with E-state index in [-0.39, 0.29) is 23.0 Å². The Bertz CT molecular complexity index is 843. The van der Waals surface area contributed by atoms with Gasteiger partial charge in [-0.2, -0.15) is 5.10 Å². The minimum Gasteiger partial charge on any atom is -0.267 e. The highest BCUT2D eigenvalue weighted by molar-refractivity contribution is 7.91. The molecule has 1 heterocycles. The van der Waals surface area contributed by atoms with Crippen LogP contribution in [-0.4, -0.2) is 25.8 Å². The number of sulfone groups is 1. The highest BCUT2D eigenvalue weighted by atomic mass is 32.2. The molecule has 1 aliphatic heterocycles. The molecule has 0 aliphatic carbocycles. The second-order valence-electron chi connectivity index (χ2n) is 4.93. The smallest absolute Gasteiger partial charge is 0.267 e. The van der Waals surface area contributed by atoms with Crippen LogP contribution in [0, 0.1) is 0 Å². The predicted molar refractivity (Wildman–Crippen MR) is 83.6 cm³/mol. The van der Waals surface area contributed by atoms with Crippen LogP contribution >= 0.6 is 0 Å². The van der Waals surface area contributed by atoms with E-state index < -0.39 is 9.84 Å². The third-order valence-corrected chi connectivity index (χ3v) is 5.24. The minimum absolute atomic E-state index is 0.00402. The van der Waals surface area contributed by atoms with Crippen molar-refractivity contribution in [3.63, 3.8) is 0 Å². The summed E-state index contributed by atoms with van der Waals surface area (Å²) in [6.45, 7) is 0. The number of hydrazone groups is 1. The standard InChI is InChI=1S/C16H14N2O3S/c19-16(12-6-2-1-3-7-12)18-17-14-10-11-22(20,21)15-9-5-4-8-13(14)15/h1-9H,10-11H2,(H,18,19)/b17-14+. The van der Waals surface area contributed by atoms with Gasteiger partial charge in [-0.1, -0.05) is 36.4 Å². The van der Waals surface area contributed by atoms with E-state index in [1.165, 1.54) is 0 Å². The maximum atomic E-state index is 12.0. The van der Waals surface area contributed by atoms with Crippen molar-refractivity contribution in [1.82, 2.24) is 5.43 Å². The zero-order valence-electron chi connectivity index (χ0n) is 11.7. The number of carbonyl (C=O) groups excluding carboxylic acids is 1. The van der Waals surface area contributed by atoms with E-state index in [1.807, 2.05) is 6.07 Å². The fourth-order valence-corrected chi connectivity index (χ4v) is 3.83. The molecule has 1 aliphatic rings. The fourth-order valence-electron chi connectivity index (χ4n) is 2.34. The number of nitrogens with one attached hydrogen (secondary N) is 1. The average Bonchev–Trinajstić information content (AvgIpc) is 2.55. The molecule has 0 atom stereocenters. The van der Waals surface area contributed by atoms with Gasteiger partial charge in [-0.25, -0.2) is 13.8 Å². The second kappa shape index (κ2) is 5.73. The van der Waals surface area contributed by atoms with E-state index >= 15 is 0 Å². The number of nitrogens with zero attached hydrogens (tertiary/aromatic N) is 1. The Morgan fingerprint density at radius 1 is 1.00 bits per heavy atom. The van der Waals surface area contributed by atoms with Gasteiger partial charge in [0.15, 0.2) is 9.84 Å². The van der Waals surface area contributed by atoms with Crippen molar-refractivity contribution >= 4 is 21.5 Å². The summed E-state index contributed by atoms with van der Waals surface area (Å²) in [5.41, 5.74) is 4.13. The van der Waals surface area contributed by atoms with Crippen molar-refractivity contribution < 1.29 is 13.2 Å². The van der Waals surface area contributed by atoms with Gasteiger partial charge in [0.1, 0.15) is 0 Å². The van der Waals surface area contributed by atoms with Gasteiger partial charge < -0.3 is 0 Å². The van der Waals surface area contributed by atoms with E-state index in [1.54, 1.807) is 48.5 Å². The third-order valence-electron chi connectivity index (χ3n) is 3.47. The number of hydrogen-bond acceptors (Lipinski definition) is 4. The molecule has 0 unspecified atom stereocenters. The van der Waals surface area contributed by atoms with Crippen molar-refractivity contribution in [1.29, 1.82) is 0 Å². The van der Waals surface area contributed by atoms with E-state index in [4.69, 9.17) is 0 Å². The first-order chi connectivity index (χ1) is 10.6. The number of hydrogen-bond donors (Lipinski definition) is 1. The van der Waals surface area contributed by atoms with E-state index in [0.29, 0.717) is 16.8 Å². The number of rotatable bonds is 2. The molecule has 0 aromatic heterocycles. The second-order valence-corrected chi connectivity index (χ2v) is 7.01. The molecule has 22 heavy (non-hydrogen) atoms. The Balaban J connectivity index is 1.89. The van der Waals surface area contributed by atoms with Crippen molar-refractivity contribution in [3.8, 4) is 0 Å². The topological polar surface area (TPSA) is 75.6 Å². The minimum atomic E-state index is -3.26. The van der Waals surface area contributed by atoms with Crippen molar-refractivity contribution in [2.24, 2.45) is 5.10 Å². The lowest BCUT2D eigenvalue weighted by Gasteiger charge is -2.17. The van der Waals surface area contributed by atoms with Gasteiger partial charge in [0.25, 0.3) is 5.91 Å². The van der Waals surface area contributed by atoms with Crippen LogP contribution < -0.4 is 5.43 Å². The first kappa shape index (κ1) is 14.5. The van der Waals surface area contributed by atoms with Gasteiger partial charge in [0.2, 0.25) is 0 Å². The lowest BCUT2D eigenvalue weighted by molar-refractivity contribution is 0.0955. The number of fused-ring (bicyclic) bond motifs is 1. The molecule has 0 saturated carbocycles. The highest BCUT2D eigenvalue weighted by Gasteiger charge is 2.27. The van der Waals surface area contributed by atoms with Gasteiger partial charge in [-0.15, -0.1) is 0 Å². The highest BCUT2D eigenvalue weighted by Crippen LogP contribution is 2.24. The van der Waals surface area contributed by atoms with Gasteiger partial charge in [0, 0.05) is 17.5 Å². The normalized spacial score (nSPS) is 17.7. The lowest BCUT2D eigenvalue weighted by atomic mass is 10.1. The monoisotopic (exact) mass is 314 g/mol. The van der Waals surface area contributed by atoms with Crippen LogP contribution in [0.25, 0.3) is 0 Å². The number of benzene rings is 2. The summed E-state index contributed by atoms with van der Waals surface area (Å²) in [4.78, 5) is 12.3. The van der Waals surface area contributed by atoms with Crippen molar-refractivity contribution in [2.75, 3.05) is 5.75 Å². The van der Waals surface area contributed by atoms with E-state index in [0.717, 1.165) is 0 Å². The van der Waals surface area contributed by atoms with Gasteiger partial charge in [-0.05, 0) is 18.2 Å². The van der Waals surface area contributed by atoms with Crippen molar-refractivity contribution in [2.45, 2.75) is 11.3 Å². The van der Waals surface area contributed by atoms with E-state index in [2.05, 4.69) is 10.5 Å². The average molecular weight is 314 g/mol. The Hall–Kier alpha value is -2.47. The van der Waals surface area contributed by atoms with Crippen LogP contribution in [0.2, 0.25) is 0 Å². The van der Waals surface area contributed by atoms with Crippen LogP contribution in [0.4, 0.5) is 0 Å². The van der Waals surface area contributed by atoms with Crippen LogP contribution in [0.3, 0.4) is 0 Å². The number of amides is 1. The molecule has 3 rings (SSSR count). The molecule has 0 radical (unpaired) electrons. The van der Waals surface area contributed by atoms with Gasteiger partial charge >= 0.3 is 0 Å². The largest absolute Gasteiger partial charge is 0.271 e. The SMILES string of the molecule is O=C(N/N=C1\CCS(=O)(=O)c2ccccc21)c1ccccc1. The quantitative estimate of drug-likeness (QED) is 0.861. The first-order valence-electron chi connectivity index (χ1n) is 6.82. The summed E-state index contributed by atoms with van der Waals surface area (Å²) in [7, 11) is -3.26. The first-order valence-corrected chi connectivity index (χ1v) is 8.47. The van der Waals surface area contributed by atoms with Gasteiger partial charge in [0.05, 0.1) is 16.4 Å². The maximum absolute atomic E-state index is 12.0. The van der Waals surface area contributed by atoms with Crippen LogP contribution in [0.1, 0.15) is 22.3 Å². The summed E-state index contributed by atoms with van der Waals surface area (Å²) in [5, 5.41) is 4.12. The molecule has 0 spiro atoms. The molecule has 0 saturated heterocycles. The Labute approximate surface area is 128 Å². The summed E-state index contributed by atoms with van der Waals surface area (Å²) < 4.78 is 24.1. The third kappa shape index (κ3) is 2.78. The summed E-state index contributed by atoms with van der Waals surface area (Å²) in [6.07, 6.45) is 0.286. The molecule has 5 nitrogen and oxygen atoms in total. The molecule has 112 valence electrons. The van der Waals surface area contributed by atoms with Crippen LogP contribution in [0.5, 0.6) is 0 Å². The molecule has 1 amide bonds. The molecule has 1 N–H and O–H groups in total. The summed E-state index contributed by atoms with van der Waals surface area (Å²) in [5.74, 6) is -0.316. The molecule has 0 bridgehead atoms. The molecular weight excluding hydrogens is 300 g/mol. The fraction of sp³-hybridized carbons (Fsp3) is 0.125. The zero-order valence-corrected chi connectivity index (χ0v) is 12.5. The summed E-state index contributed by atoms with van der Waals surface area (Å²) >= 11 is 0. The van der Waals surface area contributed by atoms with Crippen LogP contribution in [0.15, 0.2) is 64.6 Å². The maximum Gasteiger partial charge on any atom is 0.271 e. The number of carbonyl (C=O) groups is 1. The molecule has 2 aromatic rings. The Kier molecular flexibility index (Phi) is 3.77. The Morgan fingerprint density at radius 2 is 1.68 bits per heavy atom. The Morgan fingerprint density at radius 3 is 2.45 bits per heavy atom. The summed E-state index contributed by atoms with van der Waals surface area (Å²) in [6, 6.07) is 15.5. The predicted octanol–water partition coefficient (Wildman–Crippen LogP) is 2.00. The molecular formula is C16H14N2O3S. The lowest BCUT2D eigenvalue weighted by Crippen LogP contribution is -2.26. The molecule has 0 fully saturated rings. The van der Waals surface area contributed by atoms with Crippen LogP contribution in [-0.2, 0) is 9.84 Å². The van der Waals surface area contributed by atoms with Crippen molar-refractivity contribution in [3.05, 3.63) is 65.7 Å². The molecule has 2 aromatic carbocycles. The zero-order chi connectivity index (χ0) is 15.6. The van der Waals surface area contributed by atoms with E-state index in [9.17, 15) is 13.2 Å².